The highest BCUT2D eigenvalue weighted by molar-refractivity contribution is 7.99. The Morgan fingerprint density at radius 3 is 2.74 bits per heavy atom. The van der Waals surface area contributed by atoms with E-state index in [1.165, 1.54) is 17.1 Å². The Morgan fingerprint density at radius 2 is 2.11 bits per heavy atom. The van der Waals surface area contributed by atoms with Crippen LogP contribution in [0.4, 0.5) is 0 Å². The average Bonchev–Trinajstić information content (AvgIpc) is 2.87. The molecular weight excluding hydrogens is 254 g/mol. The first-order valence-electron chi connectivity index (χ1n) is 6.77. The van der Waals surface area contributed by atoms with Crippen LogP contribution in [0.3, 0.4) is 0 Å². The molecule has 3 nitrogen and oxygen atoms in total. The fraction of sp³-hybridized carbons (Fsp3) is 0.533. The fourth-order valence-corrected chi connectivity index (χ4v) is 3.56. The topological polar surface area (TPSA) is 18.8 Å². The third-order valence-corrected chi connectivity index (χ3v) is 4.64. The van der Waals surface area contributed by atoms with Crippen LogP contribution in [0.1, 0.15) is 6.42 Å². The maximum atomic E-state index is 4.38. The van der Waals surface area contributed by atoms with Crippen molar-refractivity contribution in [1.29, 1.82) is 0 Å². The first-order chi connectivity index (χ1) is 9.20. The second-order valence-corrected chi connectivity index (χ2v) is 6.24. The van der Waals surface area contributed by atoms with Crippen molar-refractivity contribution in [2.45, 2.75) is 11.3 Å². The summed E-state index contributed by atoms with van der Waals surface area (Å²) in [7, 11) is 6.00. The lowest BCUT2D eigenvalue weighted by atomic mass is 10.2. The maximum Gasteiger partial charge on any atom is 0.195 e. The summed E-state index contributed by atoms with van der Waals surface area (Å²) in [6.07, 6.45) is 1.27. The molecule has 1 unspecified atom stereocenters. The molecule has 1 aliphatic rings. The normalized spacial score (nSPS) is 19.8. The Hall–Kier alpha value is -1.16. The zero-order valence-electron chi connectivity index (χ0n) is 12.0. The molecule has 0 amide bonds. The molecule has 19 heavy (non-hydrogen) atoms. The Morgan fingerprint density at radius 1 is 1.37 bits per heavy atom. The molecule has 1 heterocycles. The highest BCUT2D eigenvalue weighted by Gasteiger charge is 2.25. The zero-order valence-corrected chi connectivity index (χ0v) is 12.9. The fourth-order valence-electron chi connectivity index (χ4n) is 2.51. The molecule has 104 valence electrons. The van der Waals surface area contributed by atoms with Gasteiger partial charge in [0.15, 0.2) is 5.96 Å². The number of likely N-dealkylation sites (tertiary alicyclic amines) is 1. The monoisotopic (exact) mass is 277 g/mol. The predicted octanol–water partition coefficient (Wildman–Crippen LogP) is 2.65. The van der Waals surface area contributed by atoms with Crippen LogP contribution >= 0.6 is 11.8 Å². The van der Waals surface area contributed by atoms with Crippen LogP contribution in [0.15, 0.2) is 40.2 Å². The quantitative estimate of drug-likeness (QED) is 0.481. The number of guanidine groups is 1. The summed E-state index contributed by atoms with van der Waals surface area (Å²) in [6.45, 7) is 2.26. The summed E-state index contributed by atoms with van der Waals surface area (Å²) in [5.41, 5.74) is 0. The molecule has 1 aliphatic heterocycles. The lowest BCUT2D eigenvalue weighted by Gasteiger charge is -2.25. The molecule has 0 aromatic heterocycles. The minimum absolute atomic E-state index is 0.766. The average molecular weight is 277 g/mol. The molecule has 0 spiro atoms. The molecule has 0 radical (unpaired) electrons. The van der Waals surface area contributed by atoms with Crippen LogP contribution in [0, 0.1) is 5.92 Å². The van der Waals surface area contributed by atoms with E-state index in [2.05, 4.69) is 59.2 Å². The van der Waals surface area contributed by atoms with Crippen LogP contribution in [0.2, 0.25) is 0 Å². The highest BCUT2D eigenvalue weighted by Crippen LogP contribution is 2.26. The highest BCUT2D eigenvalue weighted by atomic mass is 32.2. The number of aliphatic imine (C=N–C) groups is 1. The Bertz CT molecular complexity index is 417. The van der Waals surface area contributed by atoms with Crippen molar-refractivity contribution in [2.75, 3.05) is 40.0 Å². The molecule has 1 aromatic carbocycles. The number of thioether (sulfide) groups is 1. The first kappa shape index (κ1) is 14.3. The van der Waals surface area contributed by atoms with Gasteiger partial charge >= 0.3 is 0 Å². The van der Waals surface area contributed by atoms with Crippen molar-refractivity contribution in [2.24, 2.45) is 10.9 Å². The Kier molecular flexibility index (Phi) is 5.14. The van der Waals surface area contributed by atoms with Crippen molar-refractivity contribution in [1.82, 2.24) is 9.80 Å². The van der Waals surface area contributed by atoms with E-state index in [0.29, 0.717) is 0 Å². The molecule has 2 rings (SSSR count). The summed E-state index contributed by atoms with van der Waals surface area (Å²) < 4.78 is 0. The van der Waals surface area contributed by atoms with E-state index in [4.69, 9.17) is 0 Å². The van der Waals surface area contributed by atoms with Gasteiger partial charge in [0.1, 0.15) is 0 Å². The standard InChI is InChI=1S/C15H23N3S/c1-16-15(17(2)3)18-10-9-13(11-18)12-19-14-7-5-4-6-8-14/h4-8,13H,9-12H2,1-3H3. The van der Waals surface area contributed by atoms with Crippen LogP contribution in [0.5, 0.6) is 0 Å². The van der Waals surface area contributed by atoms with Crippen LogP contribution < -0.4 is 0 Å². The van der Waals surface area contributed by atoms with Gasteiger partial charge in [0.2, 0.25) is 0 Å². The van der Waals surface area contributed by atoms with Gasteiger partial charge in [0, 0.05) is 44.9 Å². The van der Waals surface area contributed by atoms with Gasteiger partial charge in [0.05, 0.1) is 0 Å². The molecule has 1 aromatic rings. The van der Waals surface area contributed by atoms with Gasteiger partial charge in [-0.05, 0) is 24.5 Å². The third-order valence-electron chi connectivity index (χ3n) is 3.40. The summed E-state index contributed by atoms with van der Waals surface area (Å²) in [4.78, 5) is 10.3. The van der Waals surface area contributed by atoms with Crippen molar-refractivity contribution >= 4 is 17.7 Å². The van der Waals surface area contributed by atoms with Gasteiger partial charge in [0.25, 0.3) is 0 Å². The number of nitrogens with zero attached hydrogens (tertiary/aromatic N) is 3. The lowest BCUT2D eigenvalue weighted by molar-refractivity contribution is 0.419. The van der Waals surface area contributed by atoms with Crippen LogP contribution in [-0.2, 0) is 0 Å². The molecule has 4 heteroatoms. The van der Waals surface area contributed by atoms with Crippen LogP contribution in [-0.4, -0.2) is 55.7 Å². The van der Waals surface area contributed by atoms with Gasteiger partial charge in [-0.3, -0.25) is 4.99 Å². The SMILES string of the molecule is CN=C(N(C)C)N1CCC(CSc2ccccc2)C1. The molecule has 0 N–H and O–H groups in total. The summed E-state index contributed by atoms with van der Waals surface area (Å²) >= 11 is 1.97. The third kappa shape index (κ3) is 3.90. The van der Waals surface area contributed by atoms with Gasteiger partial charge in [-0.2, -0.15) is 0 Å². The Labute approximate surface area is 120 Å². The summed E-state index contributed by atoms with van der Waals surface area (Å²) in [6, 6.07) is 10.7. The minimum Gasteiger partial charge on any atom is -0.349 e. The van der Waals surface area contributed by atoms with Gasteiger partial charge < -0.3 is 9.80 Å². The van der Waals surface area contributed by atoms with E-state index < -0.39 is 0 Å². The summed E-state index contributed by atoms with van der Waals surface area (Å²) in [5, 5.41) is 0. The van der Waals surface area contributed by atoms with E-state index in [1.807, 2.05) is 18.8 Å². The van der Waals surface area contributed by atoms with Crippen LogP contribution in [0.25, 0.3) is 0 Å². The largest absolute Gasteiger partial charge is 0.349 e. The predicted molar refractivity (Wildman–Crippen MR) is 83.9 cm³/mol. The molecule has 0 bridgehead atoms. The number of hydrogen-bond acceptors (Lipinski definition) is 2. The van der Waals surface area contributed by atoms with Crippen molar-refractivity contribution in [3.63, 3.8) is 0 Å². The number of rotatable bonds is 3. The first-order valence-corrected chi connectivity index (χ1v) is 7.76. The number of benzene rings is 1. The molecule has 0 aliphatic carbocycles. The molecule has 0 saturated carbocycles. The van der Waals surface area contributed by atoms with Gasteiger partial charge in [-0.15, -0.1) is 11.8 Å². The number of hydrogen-bond donors (Lipinski definition) is 0. The second-order valence-electron chi connectivity index (χ2n) is 5.14. The molecule has 1 fully saturated rings. The lowest BCUT2D eigenvalue weighted by Crippen LogP contribution is -2.39. The maximum absolute atomic E-state index is 4.38. The summed E-state index contributed by atoms with van der Waals surface area (Å²) in [5.74, 6) is 3.07. The van der Waals surface area contributed by atoms with E-state index in [-0.39, 0.29) is 0 Å². The molecular formula is C15H23N3S. The Balaban J connectivity index is 1.82. The van der Waals surface area contributed by atoms with Crippen molar-refractivity contribution < 1.29 is 0 Å². The molecule has 1 atom stereocenters. The molecule has 1 saturated heterocycles. The van der Waals surface area contributed by atoms with Crippen molar-refractivity contribution in [3.05, 3.63) is 30.3 Å². The zero-order chi connectivity index (χ0) is 13.7. The van der Waals surface area contributed by atoms with Crippen molar-refractivity contribution in [3.8, 4) is 0 Å². The van der Waals surface area contributed by atoms with Gasteiger partial charge in [-0.1, -0.05) is 18.2 Å². The van der Waals surface area contributed by atoms with E-state index in [0.717, 1.165) is 25.0 Å². The minimum atomic E-state index is 0.766. The van der Waals surface area contributed by atoms with E-state index >= 15 is 0 Å². The second kappa shape index (κ2) is 6.85. The van der Waals surface area contributed by atoms with Gasteiger partial charge in [-0.25, -0.2) is 0 Å². The smallest absolute Gasteiger partial charge is 0.195 e. The van der Waals surface area contributed by atoms with E-state index in [1.54, 1.807) is 0 Å². The van der Waals surface area contributed by atoms with E-state index in [9.17, 15) is 0 Å².